The van der Waals surface area contributed by atoms with E-state index in [1.165, 1.54) is 36.6 Å². The minimum absolute atomic E-state index is 0.112. The maximum Gasteiger partial charge on any atom is 0.255 e. The molecule has 1 aromatic heterocycles. The summed E-state index contributed by atoms with van der Waals surface area (Å²) >= 11 is 0. The van der Waals surface area contributed by atoms with Crippen LogP contribution in [0.3, 0.4) is 0 Å². The van der Waals surface area contributed by atoms with E-state index in [2.05, 4.69) is 41.2 Å². The lowest BCUT2D eigenvalue weighted by Crippen LogP contribution is -2.31. The highest BCUT2D eigenvalue weighted by Crippen LogP contribution is 2.40. The summed E-state index contributed by atoms with van der Waals surface area (Å²) in [6.07, 6.45) is 2.33. The van der Waals surface area contributed by atoms with Gasteiger partial charge in [-0.05, 0) is 97.5 Å². The topological polar surface area (TPSA) is 81.7 Å². The number of carbonyl (C=O) groups excluding carboxylic acids is 1. The van der Waals surface area contributed by atoms with Crippen molar-refractivity contribution in [2.45, 2.75) is 31.3 Å². The molecule has 7 rings (SSSR count). The predicted molar refractivity (Wildman–Crippen MR) is 164 cm³/mol. The Hall–Kier alpha value is -4.69. The number of aromatic nitrogens is 2. The molecule has 1 amide bonds. The number of ether oxygens (including phenoxy) is 1. The molecule has 0 aliphatic carbocycles. The zero-order chi connectivity index (χ0) is 29.7. The summed E-state index contributed by atoms with van der Waals surface area (Å²) in [6, 6.07) is 23.1. The Labute approximate surface area is 249 Å². The molecule has 5 aromatic rings. The zero-order valence-electron chi connectivity index (χ0n) is 24.2. The molecule has 2 N–H and O–H groups in total. The number of aromatic hydroxyl groups is 1. The van der Waals surface area contributed by atoms with Crippen LogP contribution in [0.2, 0.25) is 0 Å². The number of hydrogen-bond donors (Lipinski definition) is 2. The summed E-state index contributed by atoms with van der Waals surface area (Å²) in [6.45, 7) is 2.53. The maximum atomic E-state index is 14.5. The molecule has 2 aliphatic rings. The monoisotopic (exact) mass is 576 g/mol. The van der Waals surface area contributed by atoms with Crippen molar-refractivity contribution in [2.75, 3.05) is 27.2 Å². The molecule has 0 radical (unpaired) electrons. The zero-order valence-corrected chi connectivity index (χ0v) is 24.2. The van der Waals surface area contributed by atoms with Gasteiger partial charge >= 0.3 is 0 Å². The van der Waals surface area contributed by atoms with Crippen molar-refractivity contribution < 1.29 is 19.0 Å². The van der Waals surface area contributed by atoms with Crippen LogP contribution in [0.1, 0.15) is 57.7 Å². The van der Waals surface area contributed by atoms with Crippen molar-refractivity contribution in [3.05, 3.63) is 113 Å². The largest absolute Gasteiger partial charge is 0.508 e. The van der Waals surface area contributed by atoms with E-state index in [9.17, 15) is 14.3 Å². The molecule has 43 heavy (non-hydrogen) atoms. The summed E-state index contributed by atoms with van der Waals surface area (Å²) in [7, 11) is 3.76. The Balaban J connectivity index is 1.22. The van der Waals surface area contributed by atoms with Crippen molar-refractivity contribution in [3.8, 4) is 22.6 Å². The van der Waals surface area contributed by atoms with Crippen LogP contribution >= 0.6 is 0 Å². The van der Waals surface area contributed by atoms with E-state index >= 15 is 0 Å². The van der Waals surface area contributed by atoms with E-state index in [0.717, 1.165) is 29.8 Å². The summed E-state index contributed by atoms with van der Waals surface area (Å²) < 4.78 is 19.9. The van der Waals surface area contributed by atoms with Gasteiger partial charge in [0.05, 0.1) is 18.1 Å². The van der Waals surface area contributed by atoms with Gasteiger partial charge in [-0.15, -0.1) is 0 Å². The number of fused-ring (bicyclic) bond motifs is 2. The van der Waals surface area contributed by atoms with Gasteiger partial charge in [-0.1, -0.05) is 36.4 Å². The molecule has 1 fully saturated rings. The number of piperidine rings is 1. The van der Waals surface area contributed by atoms with Crippen LogP contribution in [-0.4, -0.2) is 58.0 Å². The van der Waals surface area contributed by atoms with Crippen LogP contribution < -0.4 is 4.74 Å². The van der Waals surface area contributed by atoms with Crippen molar-refractivity contribution in [1.29, 1.82) is 0 Å². The summed E-state index contributed by atoms with van der Waals surface area (Å²) in [5.74, 6) is 0.839. The third kappa shape index (κ3) is 5.02. The molecule has 1 saturated heterocycles. The van der Waals surface area contributed by atoms with E-state index in [1.54, 1.807) is 18.1 Å². The summed E-state index contributed by atoms with van der Waals surface area (Å²) in [5, 5.41) is 10.8. The van der Waals surface area contributed by atoms with Gasteiger partial charge in [0.25, 0.3) is 5.91 Å². The quantitative estimate of drug-likeness (QED) is 0.237. The first kappa shape index (κ1) is 27.2. The fourth-order valence-electron chi connectivity index (χ4n) is 6.47. The van der Waals surface area contributed by atoms with Crippen molar-refractivity contribution in [2.24, 2.45) is 0 Å². The lowest BCUT2D eigenvalue weighted by molar-refractivity contribution is 0.0723. The van der Waals surface area contributed by atoms with Gasteiger partial charge in [0.1, 0.15) is 29.2 Å². The lowest BCUT2D eigenvalue weighted by atomic mass is 9.88. The fraction of sp³-hybridized carbons (Fsp3) is 0.257. The number of aromatic amines is 1. The molecule has 2 aliphatic heterocycles. The van der Waals surface area contributed by atoms with Crippen LogP contribution in [0.5, 0.6) is 11.5 Å². The number of nitrogens with one attached hydrogen (secondary N) is 1. The number of amides is 1. The minimum Gasteiger partial charge on any atom is -0.508 e. The van der Waals surface area contributed by atoms with Crippen molar-refractivity contribution in [1.82, 2.24) is 19.8 Å². The van der Waals surface area contributed by atoms with E-state index in [1.807, 2.05) is 30.3 Å². The smallest absolute Gasteiger partial charge is 0.255 e. The van der Waals surface area contributed by atoms with E-state index in [4.69, 9.17) is 9.72 Å². The molecule has 7 nitrogen and oxygen atoms in total. The van der Waals surface area contributed by atoms with Gasteiger partial charge in [-0.2, -0.15) is 0 Å². The maximum absolute atomic E-state index is 14.5. The molecule has 1 unspecified atom stereocenters. The Morgan fingerprint density at radius 3 is 2.51 bits per heavy atom. The Kier molecular flexibility index (Phi) is 6.86. The first-order valence-corrected chi connectivity index (χ1v) is 14.6. The Morgan fingerprint density at radius 2 is 1.74 bits per heavy atom. The van der Waals surface area contributed by atoms with Gasteiger partial charge in [0.15, 0.2) is 0 Å². The first-order valence-electron chi connectivity index (χ1n) is 14.6. The number of H-pyrrole nitrogens is 1. The molecular weight excluding hydrogens is 543 g/mol. The van der Waals surface area contributed by atoms with Crippen molar-refractivity contribution in [3.63, 3.8) is 0 Å². The van der Waals surface area contributed by atoms with E-state index in [-0.39, 0.29) is 17.2 Å². The number of benzene rings is 4. The molecule has 0 spiro atoms. The SMILES string of the molecule is COc1ccc2nc(C(c3cc(F)ccc3O)N3Cc4ccc(-c5ccc(C6CCN(C)CC6)cc5)cc4C3=O)[nH]c2c1. The first-order chi connectivity index (χ1) is 20.9. The van der Waals surface area contributed by atoms with Crippen LogP contribution in [0.15, 0.2) is 78.9 Å². The van der Waals surface area contributed by atoms with Gasteiger partial charge < -0.3 is 24.6 Å². The van der Waals surface area contributed by atoms with E-state index in [0.29, 0.717) is 40.6 Å². The molecule has 218 valence electrons. The van der Waals surface area contributed by atoms with Crippen LogP contribution in [-0.2, 0) is 6.54 Å². The number of phenols is 1. The molecule has 0 saturated carbocycles. The van der Waals surface area contributed by atoms with Crippen LogP contribution in [0, 0.1) is 5.82 Å². The molecular formula is C35H33FN4O3. The minimum atomic E-state index is -0.841. The standard InChI is InChI=1S/C35H33FN4O3/c1-39-15-13-23(14-16-39)21-3-5-22(6-4-21)24-7-8-25-20-40(35(42)28(25)17-24)33(29-18-26(36)9-12-32(29)41)34-37-30-11-10-27(43-2)19-31(30)38-34/h3-12,17-19,23,33,41H,13-16,20H2,1-2H3,(H,37,38). The number of methoxy groups -OCH3 is 1. The average molecular weight is 577 g/mol. The average Bonchev–Trinajstić information content (AvgIpc) is 3.59. The van der Waals surface area contributed by atoms with Gasteiger partial charge in [0, 0.05) is 23.7 Å². The van der Waals surface area contributed by atoms with E-state index < -0.39 is 11.9 Å². The molecule has 3 heterocycles. The number of hydrogen-bond acceptors (Lipinski definition) is 5. The summed E-state index contributed by atoms with van der Waals surface area (Å²) in [5.41, 5.74) is 6.49. The molecule has 0 bridgehead atoms. The second kappa shape index (κ2) is 10.9. The number of likely N-dealkylation sites (tertiary alicyclic amines) is 1. The highest BCUT2D eigenvalue weighted by molar-refractivity contribution is 6.00. The van der Waals surface area contributed by atoms with Crippen LogP contribution in [0.25, 0.3) is 22.2 Å². The van der Waals surface area contributed by atoms with Gasteiger partial charge in [0.2, 0.25) is 0 Å². The molecule has 8 heteroatoms. The number of nitrogens with zero attached hydrogens (tertiary/aromatic N) is 3. The normalized spacial score (nSPS) is 16.5. The van der Waals surface area contributed by atoms with Crippen molar-refractivity contribution >= 4 is 16.9 Å². The second-order valence-electron chi connectivity index (χ2n) is 11.6. The number of carbonyl (C=O) groups is 1. The summed E-state index contributed by atoms with van der Waals surface area (Å²) in [4.78, 5) is 26.1. The second-order valence-corrected chi connectivity index (χ2v) is 11.6. The predicted octanol–water partition coefficient (Wildman–Crippen LogP) is 6.64. The highest BCUT2D eigenvalue weighted by Gasteiger charge is 2.37. The lowest BCUT2D eigenvalue weighted by Gasteiger charge is -2.29. The number of rotatable bonds is 6. The van der Waals surface area contributed by atoms with Gasteiger partial charge in [-0.25, -0.2) is 9.37 Å². The van der Waals surface area contributed by atoms with Crippen LogP contribution in [0.4, 0.5) is 4.39 Å². The number of halogens is 1. The Bertz CT molecular complexity index is 1830. The number of imidazole rings is 1. The highest BCUT2D eigenvalue weighted by atomic mass is 19.1. The molecule has 4 aromatic carbocycles. The number of phenolic OH excluding ortho intramolecular Hbond substituents is 1. The van der Waals surface area contributed by atoms with Gasteiger partial charge in [-0.3, -0.25) is 4.79 Å². The third-order valence-electron chi connectivity index (χ3n) is 8.94. The Morgan fingerprint density at radius 1 is 0.977 bits per heavy atom. The third-order valence-corrected chi connectivity index (χ3v) is 8.94. The molecule has 1 atom stereocenters. The fourth-order valence-corrected chi connectivity index (χ4v) is 6.47.